The van der Waals surface area contributed by atoms with E-state index in [1.165, 1.54) is 70.0 Å². The number of fused-ring (bicyclic) bond motifs is 13. The second kappa shape index (κ2) is 12.8. The summed E-state index contributed by atoms with van der Waals surface area (Å²) in [5, 5.41) is 9.88. The van der Waals surface area contributed by atoms with E-state index in [4.69, 9.17) is 15.0 Å². The monoisotopic (exact) mass is 796 g/mol. The Morgan fingerprint density at radius 1 is 0.426 bits per heavy atom. The Morgan fingerprint density at radius 3 is 1.75 bits per heavy atom. The van der Waals surface area contributed by atoms with Crippen LogP contribution in [0.15, 0.2) is 182 Å². The van der Waals surface area contributed by atoms with E-state index in [1.54, 1.807) is 11.3 Å². The van der Waals surface area contributed by atoms with Gasteiger partial charge in [0.05, 0.1) is 11.0 Å². The molecule has 0 aliphatic heterocycles. The minimum atomic E-state index is -0.0947. The third-order valence-corrected chi connectivity index (χ3v) is 14.2. The van der Waals surface area contributed by atoms with Gasteiger partial charge in [-0.15, -0.1) is 11.3 Å². The van der Waals surface area contributed by atoms with Gasteiger partial charge in [0.15, 0.2) is 17.5 Å². The zero-order valence-corrected chi connectivity index (χ0v) is 34.3. The molecule has 0 bridgehead atoms. The van der Waals surface area contributed by atoms with E-state index in [0.29, 0.717) is 17.5 Å². The van der Waals surface area contributed by atoms with E-state index >= 15 is 0 Å². The van der Waals surface area contributed by atoms with Crippen LogP contribution in [0.25, 0.3) is 115 Å². The number of nitrogens with zero attached hydrogens (tertiary/aromatic N) is 4. The second-order valence-corrected chi connectivity index (χ2v) is 17.8. The number of thiophene rings is 1. The molecule has 0 spiro atoms. The predicted molar refractivity (Wildman–Crippen MR) is 256 cm³/mol. The van der Waals surface area contributed by atoms with Crippen molar-refractivity contribution in [1.29, 1.82) is 0 Å². The first-order chi connectivity index (χ1) is 30.0. The minimum absolute atomic E-state index is 0.0947. The lowest BCUT2D eigenvalue weighted by molar-refractivity contribution is 0.660. The van der Waals surface area contributed by atoms with Gasteiger partial charge < -0.3 is 4.57 Å². The van der Waals surface area contributed by atoms with Gasteiger partial charge >= 0.3 is 0 Å². The van der Waals surface area contributed by atoms with Gasteiger partial charge in [-0.2, -0.15) is 0 Å². The number of hydrogen-bond acceptors (Lipinski definition) is 4. The molecule has 0 unspecified atom stereocenters. The van der Waals surface area contributed by atoms with Crippen LogP contribution in [0.1, 0.15) is 25.0 Å². The molecule has 286 valence electrons. The van der Waals surface area contributed by atoms with Gasteiger partial charge in [0, 0.05) is 58.7 Å². The lowest BCUT2D eigenvalue weighted by Crippen LogP contribution is -2.14. The molecule has 3 aromatic heterocycles. The molecule has 0 fully saturated rings. The minimum Gasteiger partial charge on any atom is -0.309 e. The van der Waals surface area contributed by atoms with Crippen molar-refractivity contribution in [3.63, 3.8) is 0 Å². The van der Waals surface area contributed by atoms with Crippen molar-refractivity contribution >= 4 is 74.9 Å². The van der Waals surface area contributed by atoms with E-state index in [0.717, 1.165) is 38.1 Å². The Balaban J connectivity index is 1.12. The molecule has 9 aromatic carbocycles. The molecule has 13 rings (SSSR count). The molecular formula is C56H36N4S. The summed E-state index contributed by atoms with van der Waals surface area (Å²) in [7, 11) is 0. The summed E-state index contributed by atoms with van der Waals surface area (Å²) in [6, 6.07) is 65.9. The van der Waals surface area contributed by atoms with Crippen LogP contribution in [0.5, 0.6) is 0 Å². The van der Waals surface area contributed by atoms with E-state index in [-0.39, 0.29) is 5.41 Å². The van der Waals surface area contributed by atoms with Crippen molar-refractivity contribution in [3.05, 3.63) is 193 Å². The average Bonchev–Trinajstić information content (AvgIpc) is 3.94. The first kappa shape index (κ1) is 34.4. The molecule has 61 heavy (non-hydrogen) atoms. The summed E-state index contributed by atoms with van der Waals surface area (Å²) in [5.74, 6) is 1.96. The van der Waals surface area contributed by atoms with Gasteiger partial charge in [-0.25, -0.2) is 15.0 Å². The van der Waals surface area contributed by atoms with Crippen LogP contribution in [0.2, 0.25) is 0 Å². The summed E-state index contributed by atoms with van der Waals surface area (Å²) in [4.78, 5) is 16.0. The number of hydrogen-bond donors (Lipinski definition) is 0. The van der Waals surface area contributed by atoms with Crippen LogP contribution in [0.3, 0.4) is 0 Å². The number of aromatic nitrogens is 4. The van der Waals surface area contributed by atoms with Gasteiger partial charge in [0.25, 0.3) is 0 Å². The molecule has 4 nitrogen and oxygen atoms in total. The maximum Gasteiger partial charge on any atom is 0.165 e. The Bertz CT molecular complexity index is 3710. The van der Waals surface area contributed by atoms with E-state index in [2.05, 4.69) is 182 Å². The van der Waals surface area contributed by atoms with Crippen LogP contribution in [-0.2, 0) is 5.41 Å². The Kier molecular flexibility index (Phi) is 7.20. The molecule has 5 heteroatoms. The lowest BCUT2D eigenvalue weighted by Gasteiger charge is -2.21. The molecule has 12 aromatic rings. The fraction of sp³-hybridized carbons (Fsp3) is 0.0536. The van der Waals surface area contributed by atoms with Crippen molar-refractivity contribution in [2.75, 3.05) is 0 Å². The molecule has 3 heterocycles. The van der Waals surface area contributed by atoms with Gasteiger partial charge in [-0.1, -0.05) is 159 Å². The topological polar surface area (TPSA) is 43.6 Å². The highest BCUT2D eigenvalue weighted by Gasteiger charge is 2.35. The maximum atomic E-state index is 5.44. The molecule has 0 radical (unpaired) electrons. The Morgan fingerprint density at radius 2 is 1.02 bits per heavy atom. The summed E-state index contributed by atoms with van der Waals surface area (Å²) in [6.07, 6.45) is 0. The second-order valence-electron chi connectivity index (χ2n) is 16.8. The largest absolute Gasteiger partial charge is 0.309 e. The normalized spacial score (nSPS) is 13.2. The fourth-order valence-electron chi connectivity index (χ4n) is 10.1. The quantitative estimate of drug-likeness (QED) is 0.178. The molecule has 0 atom stereocenters. The van der Waals surface area contributed by atoms with Crippen molar-refractivity contribution in [3.8, 4) is 51.0 Å². The SMILES string of the molecule is CC1(C)c2ccccc2-c2cc(-c3nc(-c4ccccc4)nc(-c4cc(-n5c6ccc7ccccc7c6c6c7ccccc7ccc65)cc5c4sc4ccccc45)n3)ccc21. The smallest absolute Gasteiger partial charge is 0.165 e. The third-order valence-electron chi connectivity index (χ3n) is 13.0. The van der Waals surface area contributed by atoms with Crippen LogP contribution < -0.4 is 0 Å². The highest BCUT2D eigenvalue weighted by Crippen LogP contribution is 2.50. The van der Waals surface area contributed by atoms with Crippen molar-refractivity contribution in [1.82, 2.24) is 19.5 Å². The molecule has 0 saturated carbocycles. The number of rotatable bonds is 4. The first-order valence-electron chi connectivity index (χ1n) is 20.9. The lowest BCUT2D eigenvalue weighted by atomic mass is 9.82. The van der Waals surface area contributed by atoms with E-state index in [9.17, 15) is 0 Å². The summed E-state index contributed by atoms with van der Waals surface area (Å²) in [6.45, 7) is 4.63. The highest BCUT2D eigenvalue weighted by atomic mass is 32.1. The van der Waals surface area contributed by atoms with Crippen LogP contribution in [-0.4, -0.2) is 19.5 Å². The van der Waals surface area contributed by atoms with Crippen molar-refractivity contribution in [2.45, 2.75) is 19.3 Å². The predicted octanol–water partition coefficient (Wildman–Crippen LogP) is 15.0. The molecule has 0 amide bonds. The van der Waals surface area contributed by atoms with Crippen LogP contribution in [0.4, 0.5) is 0 Å². The summed E-state index contributed by atoms with van der Waals surface area (Å²) < 4.78 is 4.84. The third kappa shape index (κ3) is 5.02. The summed E-state index contributed by atoms with van der Waals surface area (Å²) in [5.41, 5.74) is 11.4. The van der Waals surface area contributed by atoms with Gasteiger partial charge in [0.2, 0.25) is 0 Å². The van der Waals surface area contributed by atoms with Gasteiger partial charge in [0.1, 0.15) is 0 Å². The molecular weight excluding hydrogens is 761 g/mol. The zero-order chi connectivity index (χ0) is 40.4. The summed E-state index contributed by atoms with van der Waals surface area (Å²) >= 11 is 1.80. The maximum absolute atomic E-state index is 5.44. The van der Waals surface area contributed by atoms with Gasteiger partial charge in [-0.05, 0) is 80.2 Å². The first-order valence-corrected chi connectivity index (χ1v) is 21.7. The van der Waals surface area contributed by atoms with Gasteiger partial charge in [-0.3, -0.25) is 0 Å². The Hall–Kier alpha value is -7.47. The zero-order valence-electron chi connectivity index (χ0n) is 33.5. The van der Waals surface area contributed by atoms with E-state index in [1.807, 2.05) is 18.2 Å². The fourth-order valence-corrected chi connectivity index (χ4v) is 11.3. The number of benzene rings is 9. The molecule has 1 aliphatic rings. The molecule has 0 saturated heterocycles. The van der Waals surface area contributed by atoms with Crippen LogP contribution >= 0.6 is 11.3 Å². The van der Waals surface area contributed by atoms with Crippen LogP contribution in [0, 0.1) is 0 Å². The van der Waals surface area contributed by atoms with Crippen molar-refractivity contribution in [2.24, 2.45) is 0 Å². The molecule has 0 N–H and O–H groups in total. The standard InChI is InChI=1S/C56H36N4S/c1-56(2)45-22-12-10-20-40(45)42-30-36(24-27-46(42)56)54-57-53(35-16-4-3-5-17-35)58-55(59-54)44-32-37(31-43-41-21-11-13-23-49(41)61-52(43)44)60-47-28-25-33-14-6-8-18-38(33)50(47)51-39-19-9-7-15-34(39)26-29-48(51)60/h3-32H,1-2H3. The Labute approximate surface area is 356 Å². The van der Waals surface area contributed by atoms with E-state index < -0.39 is 0 Å². The average molecular weight is 797 g/mol. The van der Waals surface area contributed by atoms with Crippen molar-refractivity contribution < 1.29 is 0 Å². The highest BCUT2D eigenvalue weighted by molar-refractivity contribution is 7.26. The molecule has 1 aliphatic carbocycles.